The third kappa shape index (κ3) is 5.26. The van der Waals surface area contributed by atoms with Gasteiger partial charge in [0.1, 0.15) is 18.3 Å². The molecule has 20 heavy (non-hydrogen) atoms. The van der Waals surface area contributed by atoms with Gasteiger partial charge in [-0.25, -0.2) is 4.39 Å². The van der Waals surface area contributed by atoms with Crippen LogP contribution in [0.1, 0.15) is 45.4 Å². The third-order valence-electron chi connectivity index (χ3n) is 3.58. The van der Waals surface area contributed by atoms with Gasteiger partial charge in [-0.15, -0.1) is 0 Å². The zero-order chi connectivity index (χ0) is 15.0. The SMILES string of the molecule is CCCCCCCCO[C@@H]1O[C@H](CO)[C@@H](O)[C@H](F)[C@H]1O. The van der Waals surface area contributed by atoms with Crippen LogP contribution in [-0.4, -0.2) is 59.3 Å². The van der Waals surface area contributed by atoms with Crippen molar-refractivity contribution < 1.29 is 29.2 Å². The highest BCUT2D eigenvalue weighted by molar-refractivity contribution is 4.89. The highest BCUT2D eigenvalue weighted by atomic mass is 19.1. The van der Waals surface area contributed by atoms with Crippen molar-refractivity contribution >= 4 is 0 Å². The Morgan fingerprint density at radius 1 is 1.05 bits per heavy atom. The molecule has 0 amide bonds. The minimum absolute atomic E-state index is 0.370. The lowest BCUT2D eigenvalue weighted by atomic mass is 10.0. The molecule has 1 aliphatic rings. The molecule has 0 aromatic carbocycles. The molecule has 0 aromatic rings. The molecule has 1 fully saturated rings. The van der Waals surface area contributed by atoms with Gasteiger partial charge in [-0.1, -0.05) is 39.0 Å². The molecule has 5 nitrogen and oxygen atoms in total. The van der Waals surface area contributed by atoms with Crippen LogP contribution in [0.3, 0.4) is 0 Å². The number of rotatable bonds is 9. The van der Waals surface area contributed by atoms with E-state index in [1.807, 2.05) is 0 Å². The van der Waals surface area contributed by atoms with Gasteiger partial charge in [0.2, 0.25) is 0 Å². The first kappa shape index (κ1) is 17.8. The maximum absolute atomic E-state index is 13.6. The van der Waals surface area contributed by atoms with E-state index in [1.165, 1.54) is 19.3 Å². The van der Waals surface area contributed by atoms with Crippen LogP contribution in [0.5, 0.6) is 0 Å². The first-order valence-corrected chi connectivity index (χ1v) is 7.50. The molecule has 3 N–H and O–H groups in total. The topological polar surface area (TPSA) is 79.2 Å². The number of aliphatic hydroxyl groups is 3. The lowest BCUT2D eigenvalue weighted by molar-refractivity contribution is -0.290. The summed E-state index contributed by atoms with van der Waals surface area (Å²) in [4.78, 5) is 0. The Morgan fingerprint density at radius 2 is 1.70 bits per heavy atom. The lowest BCUT2D eigenvalue weighted by Gasteiger charge is -2.38. The van der Waals surface area contributed by atoms with Crippen LogP contribution in [0.4, 0.5) is 4.39 Å². The van der Waals surface area contributed by atoms with E-state index in [4.69, 9.17) is 14.6 Å². The third-order valence-corrected chi connectivity index (χ3v) is 3.58. The van der Waals surface area contributed by atoms with Crippen molar-refractivity contribution in [1.82, 2.24) is 0 Å². The van der Waals surface area contributed by atoms with E-state index in [1.54, 1.807) is 0 Å². The van der Waals surface area contributed by atoms with Crippen molar-refractivity contribution in [2.75, 3.05) is 13.2 Å². The second-order valence-electron chi connectivity index (χ2n) is 5.29. The van der Waals surface area contributed by atoms with Gasteiger partial charge in [-0.05, 0) is 6.42 Å². The molecular weight excluding hydrogens is 267 g/mol. The van der Waals surface area contributed by atoms with Gasteiger partial charge in [-0.3, -0.25) is 0 Å². The van der Waals surface area contributed by atoms with Gasteiger partial charge in [0.15, 0.2) is 12.5 Å². The first-order chi connectivity index (χ1) is 9.61. The molecule has 0 aromatic heterocycles. The van der Waals surface area contributed by atoms with Gasteiger partial charge in [-0.2, -0.15) is 0 Å². The van der Waals surface area contributed by atoms with Crippen LogP contribution in [-0.2, 0) is 9.47 Å². The van der Waals surface area contributed by atoms with Gasteiger partial charge < -0.3 is 24.8 Å². The number of hydrogen-bond donors (Lipinski definition) is 3. The van der Waals surface area contributed by atoms with Crippen molar-refractivity contribution in [3.63, 3.8) is 0 Å². The van der Waals surface area contributed by atoms with Crippen molar-refractivity contribution in [3.05, 3.63) is 0 Å². The summed E-state index contributed by atoms with van der Waals surface area (Å²) in [6.07, 6.45) is -0.490. The molecule has 5 atom stereocenters. The maximum atomic E-state index is 13.6. The fourth-order valence-electron chi connectivity index (χ4n) is 2.26. The Morgan fingerprint density at radius 3 is 2.35 bits per heavy atom. The molecule has 1 aliphatic heterocycles. The van der Waals surface area contributed by atoms with Crippen LogP contribution < -0.4 is 0 Å². The van der Waals surface area contributed by atoms with Crippen molar-refractivity contribution in [2.45, 2.75) is 76.2 Å². The summed E-state index contributed by atoms with van der Waals surface area (Å²) in [5.41, 5.74) is 0. The molecule has 6 heteroatoms. The average molecular weight is 294 g/mol. The number of ether oxygens (including phenoxy) is 2. The van der Waals surface area contributed by atoms with E-state index in [2.05, 4.69) is 6.92 Å². The summed E-state index contributed by atoms with van der Waals surface area (Å²) in [5.74, 6) is 0. The summed E-state index contributed by atoms with van der Waals surface area (Å²) >= 11 is 0. The monoisotopic (exact) mass is 294 g/mol. The predicted octanol–water partition coefficient (Wildman–Crippen LogP) is 1.14. The number of aliphatic hydroxyl groups excluding tert-OH is 3. The van der Waals surface area contributed by atoms with E-state index >= 15 is 0 Å². The average Bonchev–Trinajstić information content (AvgIpc) is 2.46. The molecule has 0 spiro atoms. The molecule has 0 radical (unpaired) electrons. The molecule has 1 heterocycles. The standard InChI is InChI=1S/C14H27FO5/c1-2-3-4-5-6-7-8-19-14-13(18)11(15)12(17)10(9-16)20-14/h10-14,16-18H,2-9H2,1H3/t10-,11+,12-,13-,14-/m1/s1. The minimum Gasteiger partial charge on any atom is -0.394 e. The minimum atomic E-state index is -1.87. The highest BCUT2D eigenvalue weighted by Gasteiger charge is 2.45. The van der Waals surface area contributed by atoms with Crippen molar-refractivity contribution in [3.8, 4) is 0 Å². The van der Waals surface area contributed by atoms with Gasteiger partial charge >= 0.3 is 0 Å². The van der Waals surface area contributed by atoms with Crippen LogP contribution in [0.15, 0.2) is 0 Å². The van der Waals surface area contributed by atoms with E-state index in [9.17, 15) is 14.6 Å². The summed E-state index contributed by atoms with van der Waals surface area (Å²) in [6, 6.07) is 0. The molecule has 1 rings (SSSR count). The largest absolute Gasteiger partial charge is 0.394 e. The summed E-state index contributed by atoms with van der Waals surface area (Å²) in [5, 5.41) is 28.1. The zero-order valence-corrected chi connectivity index (χ0v) is 12.1. The Hall–Kier alpha value is -0.270. The molecular formula is C14H27FO5. The molecule has 1 saturated heterocycles. The van der Waals surface area contributed by atoms with E-state index < -0.39 is 37.4 Å². The molecule has 0 bridgehead atoms. The van der Waals surface area contributed by atoms with Crippen LogP contribution in [0, 0.1) is 0 Å². The van der Waals surface area contributed by atoms with Gasteiger partial charge in [0.05, 0.1) is 6.61 Å². The van der Waals surface area contributed by atoms with Crippen LogP contribution in [0.2, 0.25) is 0 Å². The first-order valence-electron chi connectivity index (χ1n) is 7.50. The van der Waals surface area contributed by atoms with Gasteiger partial charge in [0, 0.05) is 6.61 Å². The second-order valence-corrected chi connectivity index (χ2v) is 5.29. The summed E-state index contributed by atoms with van der Waals surface area (Å²) < 4.78 is 24.1. The number of alkyl halides is 1. The fraction of sp³-hybridized carbons (Fsp3) is 1.00. The second kappa shape index (κ2) is 9.63. The number of unbranched alkanes of at least 4 members (excludes halogenated alkanes) is 5. The van der Waals surface area contributed by atoms with E-state index in [0.29, 0.717) is 6.61 Å². The number of halogens is 1. The Bertz CT molecular complexity index is 252. The quantitative estimate of drug-likeness (QED) is 0.556. The van der Waals surface area contributed by atoms with E-state index in [-0.39, 0.29) is 0 Å². The Balaban J connectivity index is 2.21. The van der Waals surface area contributed by atoms with Crippen molar-refractivity contribution in [2.24, 2.45) is 0 Å². The Labute approximate surface area is 119 Å². The maximum Gasteiger partial charge on any atom is 0.186 e. The van der Waals surface area contributed by atoms with Gasteiger partial charge in [0.25, 0.3) is 0 Å². The molecule has 0 unspecified atom stereocenters. The summed E-state index contributed by atoms with van der Waals surface area (Å²) in [6.45, 7) is 2.02. The lowest BCUT2D eigenvalue weighted by Crippen LogP contribution is -2.57. The Kier molecular flexibility index (Phi) is 8.56. The van der Waals surface area contributed by atoms with E-state index in [0.717, 1.165) is 19.3 Å². The van der Waals surface area contributed by atoms with Crippen molar-refractivity contribution in [1.29, 1.82) is 0 Å². The molecule has 0 saturated carbocycles. The zero-order valence-electron chi connectivity index (χ0n) is 12.1. The normalized spacial score (nSPS) is 34.4. The number of hydrogen-bond acceptors (Lipinski definition) is 5. The molecule has 0 aliphatic carbocycles. The smallest absolute Gasteiger partial charge is 0.186 e. The predicted molar refractivity (Wildman–Crippen MR) is 72.0 cm³/mol. The highest BCUT2D eigenvalue weighted by Crippen LogP contribution is 2.24. The summed E-state index contributed by atoms with van der Waals surface area (Å²) in [7, 11) is 0. The fourth-order valence-corrected chi connectivity index (χ4v) is 2.26. The van der Waals surface area contributed by atoms with Crippen LogP contribution >= 0.6 is 0 Å². The molecule has 120 valence electrons. The van der Waals surface area contributed by atoms with Crippen LogP contribution in [0.25, 0.3) is 0 Å².